The van der Waals surface area contributed by atoms with Crippen LogP contribution < -0.4 is 15.2 Å². The van der Waals surface area contributed by atoms with E-state index in [1.54, 1.807) is 0 Å². The summed E-state index contributed by atoms with van der Waals surface area (Å²) in [5.74, 6) is 0.503. The minimum atomic E-state index is -3.60. The zero-order chi connectivity index (χ0) is 12.2. The molecule has 0 saturated carbocycles. The Labute approximate surface area is 99.6 Å². The summed E-state index contributed by atoms with van der Waals surface area (Å²) < 4.78 is 30.7. The molecule has 16 heavy (non-hydrogen) atoms. The first-order valence-electron chi connectivity index (χ1n) is 4.54. The minimum absolute atomic E-state index is 0.0171. The standard InChI is InChI=1S/C9H13ClN2O3S/c1-15-7-2-3-9(8(10)6-7)16(13,14)12-5-4-11/h2-3,6,12H,4-5,11H2,1H3. The van der Waals surface area contributed by atoms with Crippen LogP contribution in [0.3, 0.4) is 0 Å². The molecule has 0 unspecified atom stereocenters. The number of nitrogens with two attached hydrogens (primary N) is 1. The highest BCUT2D eigenvalue weighted by atomic mass is 35.5. The molecule has 1 aromatic rings. The van der Waals surface area contributed by atoms with Gasteiger partial charge in [0.1, 0.15) is 10.6 Å². The molecule has 0 spiro atoms. The number of nitrogens with one attached hydrogen (secondary N) is 1. The van der Waals surface area contributed by atoms with Crippen LogP contribution in [0.15, 0.2) is 23.1 Å². The molecule has 0 fully saturated rings. The first kappa shape index (κ1) is 13.2. The quantitative estimate of drug-likeness (QED) is 0.815. The van der Waals surface area contributed by atoms with Gasteiger partial charge in [-0.2, -0.15) is 0 Å². The van der Waals surface area contributed by atoms with E-state index in [0.717, 1.165) is 0 Å². The summed E-state index contributed by atoms with van der Waals surface area (Å²) in [4.78, 5) is 0.0171. The third-order valence-corrected chi connectivity index (χ3v) is 3.81. The Bertz CT molecular complexity index is 462. The molecule has 1 aromatic carbocycles. The smallest absolute Gasteiger partial charge is 0.242 e. The van der Waals surface area contributed by atoms with Crippen molar-refractivity contribution in [1.29, 1.82) is 0 Å². The van der Waals surface area contributed by atoms with Crippen molar-refractivity contribution in [2.24, 2.45) is 5.73 Å². The average molecular weight is 265 g/mol. The van der Waals surface area contributed by atoms with Gasteiger partial charge in [0, 0.05) is 19.2 Å². The average Bonchev–Trinajstić information content (AvgIpc) is 2.25. The zero-order valence-corrected chi connectivity index (χ0v) is 10.3. The molecular weight excluding hydrogens is 252 g/mol. The van der Waals surface area contributed by atoms with Crippen LogP contribution in [0.4, 0.5) is 0 Å². The number of methoxy groups -OCH3 is 1. The van der Waals surface area contributed by atoms with Crippen LogP contribution >= 0.6 is 11.6 Å². The Balaban J connectivity index is 3.04. The molecular formula is C9H13ClN2O3S. The maximum atomic E-state index is 11.7. The number of rotatable bonds is 5. The summed E-state index contributed by atoms with van der Waals surface area (Å²) in [6.07, 6.45) is 0. The molecule has 0 radical (unpaired) electrons. The van der Waals surface area contributed by atoms with Crippen molar-refractivity contribution in [2.75, 3.05) is 20.2 Å². The van der Waals surface area contributed by atoms with Crippen molar-refractivity contribution in [1.82, 2.24) is 4.72 Å². The first-order chi connectivity index (χ1) is 7.51. The monoisotopic (exact) mass is 264 g/mol. The van der Waals surface area contributed by atoms with Crippen LogP contribution in [0.5, 0.6) is 5.75 Å². The Morgan fingerprint density at radius 2 is 2.19 bits per heavy atom. The second-order valence-corrected chi connectivity index (χ2v) is 5.13. The van der Waals surface area contributed by atoms with E-state index in [1.807, 2.05) is 0 Å². The normalized spacial score (nSPS) is 11.4. The van der Waals surface area contributed by atoms with E-state index in [9.17, 15) is 8.42 Å². The zero-order valence-electron chi connectivity index (χ0n) is 8.73. The van der Waals surface area contributed by atoms with Gasteiger partial charge in [-0.05, 0) is 12.1 Å². The highest BCUT2D eigenvalue weighted by Gasteiger charge is 2.17. The lowest BCUT2D eigenvalue weighted by Gasteiger charge is -2.08. The molecule has 3 N–H and O–H groups in total. The Hall–Kier alpha value is -0.820. The number of benzene rings is 1. The van der Waals surface area contributed by atoms with E-state index >= 15 is 0 Å². The lowest BCUT2D eigenvalue weighted by molar-refractivity contribution is 0.414. The van der Waals surface area contributed by atoms with E-state index in [2.05, 4.69) is 4.72 Å². The maximum absolute atomic E-state index is 11.7. The highest BCUT2D eigenvalue weighted by Crippen LogP contribution is 2.25. The summed E-state index contributed by atoms with van der Waals surface area (Å²) in [6.45, 7) is 0.400. The predicted octanol–water partition coefficient (Wildman–Crippen LogP) is 0.586. The van der Waals surface area contributed by atoms with E-state index in [4.69, 9.17) is 22.1 Å². The molecule has 0 heterocycles. The predicted molar refractivity (Wildman–Crippen MR) is 62.2 cm³/mol. The second kappa shape index (κ2) is 5.49. The highest BCUT2D eigenvalue weighted by molar-refractivity contribution is 7.89. The molecule has 0 aromatic heterocycles. The van der Waals surface area contributed by atoms with Crippen molar-refractivity contribution in [2.45, 2.75) is 4.90 Å². The van der Waals surface area contributed by atoms with Gasteiger partial charge in [-0.1, -0.05) is 11.6 Å². The summed E-state index contributed by atoms with van der Waals surface area (Å²) in [5, 5.41) is 0.115. The van der Waals surface area contributed by atoms with Gasteiger partial charge in [0.05, 0.1) is 12.1 Å². The van der Waals surface area contributed by atoms with Crippen molar-refractivity contribution >= 4 is 21.6 Å². The second-order valence-electron chi connectivity index (χ2n) is 2.98. The van der Waals surface area contributed by atoms with Crippen molar-refractivity contribution < 1.29 is 13.2 Å². The molecule has 5 nitrogen and oxygen atoms in total. The number of sulfonamides is 1. The number of hydrogen-bond acceptors (Lipinski definition) is 4. The Morgan fingerprint density at radius 1 is 1.50 bits per heavy atom. The summed E-state index contributed by atoms with van der Waals surface area (Å²) in [5.41, 5.74) is 5.22. The van der Waals surface area contributed by atoms with Gasteiger partial charge in [-0.3, -0.25) is 0 Å². The maximum Gasteiger partial charge on any atom is 0.242 e. The van der Waals surface area contributed by atoms with Crippen molar-refractivity contribution in [3.05, 3.63) is 23.2 Å². The molecule has 0 atom stereocenters. The molecule has 0 aliphatic rings. The van der Waals surface area contributed by atoms with Gasteiger partial charge in [0.25, 0.3) is 0 Å². The van der Waals surface area contributed by atoms with Crippen LogP contribution in [0.2, 0.25) is 5.02 Å². The van der Waals surface area contributed by atoms with Gasteiger partial charge < -0.3 is 10.5 Å². The van der Waals surface area contributed by atoms with E-state index < -0.39 is 10.0 Å². The molecule has 0 amide bonds. The van der Waals surface area contributed by atoms with Crippen LogP contribution in [-0.2, 0) is 10.0 Å². The van der Waals surface area contributed by atoms with Crippen LogP contribution in [0, 0.1) is 0 Å². The third kappa shape index (κ3) is 3.08. The molecule has 0 aliphatic heterocycles. The number of ether oxygens (including phenoxy) is 1. The summed E-state index contributed by atoms with van der Waals surface area (Å²) >= 11 is 5.84. The van der Waals surface area contributed by atoms with Gasteiger partial charge in [0.2, 0.25) is 10.0 Å². The molecule has 0 aliphatic carbocycles. The SMILES string of the molecule is COc1ccc(S(=O)(=O)NCCN)c(Cl)c1. The largest absolute Gasteiger partial charge is 0.497 e. The van der Waals surface area contributed by atoms with Crippen molar-refractivity contribution in [3.63, 3.8) is 0 Å². The van der Waals surface area contributed by atoms with E-state index in [-0.39, 0.29) is 23.0 Å². The van der Waals surface area contributed by atoms with Gasteiger partial charge >= 0.3 is 0 Å². The van der Waals surface area contributed by atoms with Crippen LogP contribution in [0.1, 0.15) is 0 Å². The van der Waals surface area contributed by atoms with Crippen molar-refractivity contribution in [3.8, 4) is 5.75 Å². The van der Waals surface area contributed by atoms with Gasteiger partial charge in [-0.15, -0.1) is 0 Å². The fourth-order valence-electron chi connectivity index (χ4n) is 1.10. The molecule has 0 bridgehead atoms. The molecule has 1 rings (SSSR count). The van der Waals surface area contributed by atoms with E-state index in [0.29, 0.717) is 5.75 Å². The van der Waals surface area contributed by atoms with Crippen LogP contribution in [-0.4, -0.2) is 28.6 Å². The fraction of sp³-hybridized carbons (Fsp3) is 0.333. The number of halogens is 1. The summed E-state index contributed by atoms with van der Waals surface area (Å²) in [6, 6.07) is 4.36. The Morgan fingerprint density at radius 3 is 2.69 bits per heavy atom. The van der Waals surface area contributed by atoms with E-state index in [1.165, 1.54) is 25.3 Å². The lowest BCUT2D eigenvalue weighted by Crippen LogP contribution is -2.29. The molecule has 90 valence electrons. The molecule has 0 saturated heterocycles. The fourth-order valence-corrected chi connectivity index (χ4v) is 2.68. The minimum Gasteiger partial charge on any atom is -0.497 e. The Kier molecular flexibility index (Phi) is 4.55. The van der Waals surface area contributed by atoms with Gasteiger partial charge in [-0.25, -0.2) is 13.1 Å². The lowest BCUT2D eigenvalue weighted by atomic mass is 10.3. The third-order valence-electron chi connectivity index (χ3n) is 1.86. The first-order valence-corrected chi connectivity index (χ1v) is 6.40. The topological polar surface area (TPSA) is 81.4 Å². The molecule has 7 heteroatoms. The van der Waals surface area contributed by atoms with Crippen LogP contribution in [0.25, 0.3) is 0 Å². The summed E-state index contributed by atoms with van der Waals surface area (Å²) in [7, 11) is -2.12. The van der Waals surface area contributed by atoms with Gasteiger partial charge in [0.15, 0.2) is 0 Å². The number of hydrogen-bond donors (Lipinski definition) is 2.